The van der Waals surface area contributed by atoms with Crippen LogP contribution in [0.4, 0.5) is 4.39 Å². The number of hydrazone groups is 1. The smallest absolute Gasteiger partial charge is 0.281 e. The fourth-order valence-electron chi connectivity index (χ4n) is 2.81. The molecule has 138 valence electrons. The van der Waals surface area contributed by atoms with Crippen LogP contribution in [-0.2, 0) is 4.79 Å². The normalized spacial score (nSPS) is 16.4. The lowest BCUT2D eigenvalue weighted by atomic mass is 10.1. The molecule has 1 aliphatic heterocycles. The van der Waals surface area contributed by atoms with Gasteiger partial charge in [-0.3, -0.25) is 4.79 Å². The van der Waals surface area contributed by atoms with Gasteiger partial charge in [0, 0.05) is 12.5 Å². The first-order valence-corrected chi connectivity index (χ1v) is 9.42. The fourth-order valence-corrected chi connectivity index (χ4v) is 3.70. The van der Waals surface area contributed by atoms with E-state index in [9.17, 15) is 9.18 Å². The van der Waals surface area contributed by atoms with Gasteiger partial charge in [0.1, 0.15) is 23.4 Å². The van der Waals surface area contributed by atoms with Crippen molar-refractivity contribution in [2.75, 3.05) is 6.61 Å². The number of halogens is 2. The summed E-state index contributed by atoms with van der Waals surface area (Å²) in [6, 6.07) is 11.1. The van der Waals surface area contributed by atoms with Crippen LogP contribution in [0.15, 0.2) is 63.6 Å². The second kappa shape index (κ2) is 7.54. The topological polar surface area (TPSA) is 55.0 Å². The summed E-state index contributed by atoms with van der Waals surface area (Å²) in [6.07, 6.45) is 2.13. The van der Waals surface area contributed by atoms with Crippen molar-refractivity contribution in [3.63, 3.8) is 0 Å². The maximum absolute atomic E-state index is 13.2. The zero-order valence-corrected chi connectivity index (χ0v) is 15.5. The van der Waals surface area contributed by atoms with E-state index < -0.39 is 5.82 Å². The Bertz CT molecular complexity index is 973. The number of thiophene rings is 1. The van der Waals surface area contributed by atoms with Crippen molar-refractivity contribution in [2.45, 2.75) is 12.5 Å². The molecule has 0 unspecified atom stereocenters. The highest BCUT2D eigenvalue weighted by Gasteiger charge is 2.35. The molecular weight excluding hydrogens is 391 g/mol. The third-order valence-electron chi connectivity index (χ3n) is 4.10. The van der Waals surface area contributed by atoms with Gasteiger partial charge in [-0.15, -0.1) is 11.3 Å². The summed E-state index contributed by atoms with van der Waals surface area (Å²) in [7, 11) is 0. The third-order valence-corrected chi connectivity index (χ3v) is 5.30. The number of benzene rings is 1. The summed E-state index contributed by atoms with van der Waals surface area (Å²) in [5.41, 5.74) is 0.824. The molecule has 0 aliphatic carbocycles. The highest BCUT2D eigenvalue weighted by Crippen LogP contribution is 2.34. The molecule has 8 heteroatoms. The van der Waals surface area contributed by atoms with Gasteiger partial charge in [0.05, 0.1) is 21.9 Å². The summed E-state index contributed by atoms with van der Waals surface area (Å²) >= 11 is 7.31. The van der Waals surface area contributed by atoms with E-state index in [-0.39, 0.29) is 23.6 Å². The van der Waals surface area contributed by atoms with Crippen LogP contribution in [0.25, 0.3) is 0 Å². The molecule has 1 amide bonds. The van der Waals surface area contributed by atoms with Gasteiger partial charge in [-0.1, -0.05) is 17.7 Å². The Hall–Kier alpha value is -2.64. The number of carbonyl (C=O) groups excluding carboxylic acids is 1. The van der Waals surface area contributed by atoms with Crippen molar-refractivity contribution in [1.29, 1.82) is 0 Å². The van der Waals surface area contributed by atoms with Crippen molar-refractivity contribution in [3.05, 3.63) is 75.6 Å². The Balaban J connectivity index is 1.52. The van der Waals surface area contributed by atoms with E-state index in [2.05, 4.69) is 5.10 Å². The monoisotopic (exact) mass is 404 g/mol. The minimum Gasteiger partial charge on any atom is -0.484 e. The zero-order chi connectivity index (χ0) is 18.8. The Kier molecular flexibility index (Phi) is 4.96. The van der Waals surface area contributed by atoms with Gasteiger partial charge in [0.2, 0.25) is 0 Å². The van der Waals surface area contributed by atoms with Crippen LogP contribution in [0.2, 0.25) is 5.02 Å². The van der Waals surface area contributed by atoms with Crippen molar-refractivity contribution in [2.24, 2.45) is 5.10 Å². The van der Waals surface area contributed by atoms with E-state index in [1.165, 1.54) is 23.2 Å². The van der Waals surface area contributed by atoms with Gasteiger partial charge >= 0.3 is 0 Å². The molecule has 0 fully saturated rings. The summed E-state index contributed by atoms with van der Waals surface area (Å²) < 4.78 is 24.2. The molecule has 0 radical (unpaired) electrons. The van der Waals surface area contributed by atoms with E-state index in [0.29, 0.717) is 17.9 Å². The van der Waals surface area contributed by atoms with Gasteiger partial charge in [-0.25, -0.2) is 9.40 Å². The first-order valence-electron chi connectivity index (χ1n) is 8.16. The lowest BCUT2D eigenvalue weighted by molar-refractivity contribution is -0.135. The van der Waals surface area contributed by atoms with Gasteiger partial charge in [-0.2, -0.15) is 5.10 Å². The summed E-state index contributed by atoms with van der Waals surface area (Å²) in [4.78, 5) is 13.7. The molecule has 1 atom stereocenters. The largest absolute Gasteiger partial charge is 0.484 e. The highest BCUT2D eigenvalue weighted by atomic mass is 35.5. The second-order valence-corrected chi connectivity index (χ2v) is 7.22. The summed E-state index contributed by atoms with van der Waals surface area (Å²) in [6.45, 7) is -0.250. The Morgan fingerprint density at radius 2 is 2.26 bits per heavy atom. The van der Waals surface area contributed by atoms with E-state index in [4.69, 9.17) is 20.8 Å². The minimum absolute atomic E-state index is 0.0624. The van der Waals surface area contributed by atoms with Crippen LogP contribution < -0.4 is 4.74 Å². The molecule has 5 nitrogen and oxygen atoms in total. The number of hydrogen-bond donors (Lipinski definition) is 0. The molecule has 0 saturated carbocycles. The average Bonchev–Trinajstić information content (AvgIpc) is 3.41. The number of carbonyl (C=O) groups is 1. The molecule has 1 aliphatic rings. The predicted molar refractivity (Wildman–Crippen MR) is 101 cm³/mol. The molecule has 4 rings (SSSR count). The van der Waals surface area contributed by atoms with Gasteiger partial charge in [0.25, 0.3) is 5.91 Å². The maximum atomic E-state index is 13.2. The molecule has 0 saturated heterocycles. The van der Waals surface area contributed by atoms with Crippen LogP contribution in [0, 0.1) is 5.82 Å². The summed E-state index contributed by atoms with van der Waals surface area (Å²) in [5, 5.41) is 7.79. The van der Waals surface area contributed by atoms with Crippen molar-refractivity contribution in [3.8, 4) is 5.75 Å². The molecule has 1 aromatic carbocycles. The van der Waals surface area contributed by atoms with Crippen LogP contribution in [0.1, 0.15) is 23.1 Å². The van der Waals surface area contributed by atoms with Gasteiger partial charge in [0.15, 0.2) is 6.61 Å². The fraction of sp³-hybridized carbons (Fsp3) is 0.158. The van der Waals surface area contributed by atoms with Crippen LogP contribution in [0.3, 0.4) is 0 Å². The number of nitrogens with zero attached hydrogens (tertiary/aromatic N) is 2. The molecule has 27 heavy (non-hydrogen) atoms. The molecule has 3 aromatic rings. The zero-order valence-electron chi connectivity index (χ0n) is 14.0. The Morgan fingerprint density at radius 3 is 2.96 bits per heavy atom. The SMILES string of the molecule is O=C(COc1ccc(F)c(Cl)c1)N1N=C(c2cccs2)C[C@H]1c1ccco1. The van der Waals surface area contributed by atoms with Gasteiger partial charge in [-0.05, 0) is 35.7 Å². The van der Waals surface area contributed by atoms with E-state index in [1.807, 2.05) is 23.6 Å². The Morgan fingerprint density at radius 1 is 1.37 bits per heavy atom. The molecule has 0 N–H and O–H groups in total. The predicted octanol–water partition coefficient (Wildman–Crippen LogP) is 4.89. The number of furan rings is 1. The first-order chi connectivity index (χ1) is 13.1. The summed E-state index contributed by atoms with van der Waals surface area (Å²) in [5.74, 6) is 0.0933. The minimum atomic E-state index is -0.544. The lowest BCUT2D eigenvalue weighted by Crippen LogP contribution is -2.31. The maximum Gasteiger partial charge on any atom is 0.281 e. The van der Waals surface area contributed by atoms with Crippen LogP contribution >= 0.6 is 22.9 Å². The van der Waals surface area contributed by atoms with Crippen LogP contribution in [-0.4, -0.2) is 23.2 Å². The number of amides is 1. The number of rotatable bonds is 5. The van der Waals surface area contributed by atoms with E-state index in [1.54, 1.807) is 23.7 Å². The highest BCUT2D eigenvalue weighted by molar-refractivity contribution is 7.12. The van der Waals surface area contributed by atoms with E-state index >= 15 is 0 Å². The van der Waals surface area contributed by atoms with Crippen molar-refractivity contribution in [1.82, 2.24) is 5.01 Å². The Labute approximate surface area is 163 Å². The second-order valence-electron chi connectivity index (χ2n) is 5.86. The molecule has 0 bridgehead atoms. The van der Waals surface area contributed by atoms with Crippen molar-refractivity contribution < 1.29 is 18.3 Å². The average molecular weight is 405 g/mol. The van der Waals surface area contributed by atoms with Crippen LogP contribution in [0.5, 0.6) is 5.75 Å². The third kappa shape index (κ3) is 3.74. The number of ether oxygens (including phenoxy) is 1. The quantitative estimate of drug-likeness (QED) is 0.608. The first kappa shape index (κ1) is 17.8. The lowest BCUT2D eigenvalue weighted by Gasteiger charge is -2.20. The molecular formula is C19H14ClFN2O3S. The molecule has 0 spiro atoms. The van der Waals surface area contributed by atoms with Crippen molar-refractivity contribution >= 4 is 34.6 Å². The standard InChI is InChI=1S/C19H14ClFN2O3S/c20-13-9-12(5-6-14(13)21)26-11-19(24)23-16(17-3-1-7-25-17)10-15(22-23)18-4-2-8-27-18/h1-9,16H,10-11H2/t16-/m0/s1. The molecule has 3 heterocycles. The van der Waals surface area contributed by atoms with Gasteiger partial charge < -0.3 is 9.15 Å². The van der Waals surface area contributed by atoms with E-state index in [0.717, 1.165) is 10.6 Å². The molecule has 2 aromatic heterocycles. The number of hydrogen-bond acceptors (Lipinski definition) is 5.